The Morgan fingerprint density at radius 3 is 2.92 bits per heavy atom. The molecule has 0 aliphatic carbocycles. The van der Waals surface area contributed by atoms with Gasteiger partial charge in [0.05, 0.1) is 12.2 Å². The highest BCUT2D eigenvalue weighted by molar-refractivity contribution is 5.30. The van der Waals surface area contributed by atoms with Gasteiger partial charge in [-0.3, -0.25) is 14.5 Å². The zero-order chi connectivity index (χ0) is 18.5. The Hall–Kier alpha value is -2.48. The summed E-state index contributed by atoms with van der Waals surface area (Å²) in [5, 5.41) is 7.51. The minimum Gasteiger partial charge on any atom is -0.364 e. The fraction of sp³-hybridized carbons (Fsp3) is 0.556. The summed E-state index contributed by atoms with van der Waals surface area (Å²) in [4.78, 5) is 30.5. The number of anilines is 1. The molecule has 0 spiro atoms. The smallest absolute Gasteiger partial charge is 0.293 e. The van der Waals surface area contributed by atoms with Crippen LogP contribution in [0.1, 0.15) is 25.0 Å². The number of nitrogens with zero attached hydrogens (tertiary/aromatic N) is 5. The molecule has 0 saturated carbocycles. The second-order valence-electron chi connectivity index (χ2n) is 6.79. The van der Waals surface area contributed by atoms with Crippen LogP contribution in [-0.2, 0) is 13.6 Å². The van der Waals surface area contributed by atoms with Crippen molar-refractivity contribution in [2.75, 3.05) is 25.0 Å². The first-order valence-corrected chi connectivity index (χ1v) is 9.09. The molecule has 8 nitrogen and oxygen atoms in total. The van der Waals surface area contributed by atoms with E-state index in [0.717, 1.165) is 31.6 Å². The van der Waals surface area contributed by atoms with E-state index in [4.69, 9.17) is 0 Å². The molecule has 8 heteroatoms. The lowest BCUT2D eigenvalue weighted by Crippen LogP contribution is -2.46. The molecule has 0 amide bonds. The van der Waals surface area contributed by atoms with Crippen LogP contribution in [0.2, 0.25) is 0 Å². The molecular formula is C18H26N6O2. The number of hydrogen-bond donors (Lipinski definition) is 1. The second kappa shape index (κ2) is 8.27. The van der Waals surface area contributed by atoms with Crippen LogP contribution in [0.25, 0.3) is 0 Å². The molecule has 3 rings (SSSR count). The molecule has 1 aliphatic heterocycles. The third-order valence-corrected chi connectivity index (χ3v) is 4.87. The van der Waals surface area contributed by atoms with E-state index in [0.29, 0.717) is 24.9 Å². The number of hydrogen-bond acceptors (Lipinski definition) is 6. The SMILES string of the molecule is Cc1ccc(=O)n(CCN2CCCCC2CNc2nccn(C)c2=O)n1. The van der Waals surface area contributed by atoms with Crippen LogP contribution >= 0.6 is 0 Å². The van der Waals surface area contributed by atoms with E-state index >= 15 is 0 Å². The van der Waals surface area contributed by atoms with Crippen LogP contribution < -0.4 is 16.4 Å². The predicted molar refractivity (Wildman–Crippen MR) is 100 cm³/mol. The standard InChI is InChI=1S/C18H26N6O2/c1-14-6-7-16(25)24(21-14)12-11-23-9-4-3-5-15(23)13-20-17-18(26)22(2)10-8-19-17/h6-8,10,15H,3-5,9,11-13H2,1-2H3,(H,19,20). The molecule has 1 unspecified atom stereocenters. The average molecular weight is 358 g/mol. The van der Waals surface area contributed by atoms with E-state index in [2.05, 4.69) is 20.3 Å². The molecule has 2 aromatic rings. The van der Waals surface area contributed by atoms with Crippen LogP contribution in [0.15, 0.2) is 34.1 Å². The van der Waals surface area contributed by atoms with Gasteiger partial charge in [0.15, 0.2) is 5.82 Å². The maximum atomic E-state index is 12.1. The quantitative estimate of drug-likeness (QED) is 0.814. The van der Waals surface area contributed by atoms with Crippen molar-refractivity contribution in [3.05, 3.63) is 50.9 Å². The lowest BCUT2D eigenvalue weighted by atomic mass is 10.0. The number of aryl methyl sites for hydroxylation is 2. The van der Waals surface area contributed by atoms with E-state index < -0.39 is 0 Å². The van der Waals surface area contributed by atoms with E-state index in [9.17, 15) is 9.59 Å². The van der Waals surface area contributed by atoms with Crippen LogP contribution in [0.5, 0.6) is 0 Å². The van der Waals surface area contributed by atoms with Crippen molar-refractivity contribution >= 4 is 5.82 Å². The highest BCUT2D eigenvalue weighted by Crippen LogP contribution is 2.17. The summed E-state index contributed by atoms with van der Waals surface area (Å²) < 4.78 is 3.05. The van der Waals surface area contributed by atoms with Crippen molar-refractivity contribution in [2.45, 2.75) is 38.8 Å². The fourth-order valence-corrected chi connectivity index (χ4v) is 3.35. The van der Waals surface area contributed by atoms with E-state index in [1.165, 1.54) is 15.7 Å². The molecule has 3 heterocycles. The van der Waals surface area contributed by atoms with Gasteiger partial charge in [0.2, 0.25) is 0 Å². The van der Waals surface area contributed by atoms with Gasteiger partial charge in [-0.1, -0.05) is 6.42 Å². The molecule has 0 aromatic carbocycles. The summed E-state index contributed by atoms with van der Waals surface area (Å²) in [6.07, 6.45) is 6.66. The lowest BCUT2D eigenvalue weighted by Gasteiger charge is -2.35. The van der Waals surface area contributed by atoms with Gasteiger partial charge in [0.25, 0.3) is 11.1 Å². The van der Waals surface area contributed by atoms with Gasteiger partial charge in [-0.05, 0) is 32.4 Å². The van der Waals surface area contributed by atoms with Crippen LogP contribution in [0.3, 0.4) is 0 Å². The topological polar surface area (TPSA) is 85.0 Å². The zero-order valence-corrected chi connectivity index (χ0v) is 15.4. The van der Waals surface area contributed by atoms with Gasteiger partial charge in [-0.2, -0.15) is 5.10 Å². The van der Waals surface area contributed by atoms with Crippen molar-refractivity contribution in [1.29, 1.82) is 0 Å². The molecular weight excluding hydrogens is 332 g/mol. The van der Waals surface area contributed by atoms with Gasteiger partial charge in [0.1, 0.15) is 0 Å². The monoisotopic (exact) mass is 358 g/mol. The third kappa shape index (κ3) is 4.37. The summed E-state index contributed by atoms with van der Waals surface area (Å²) in [6.45, 7) is 4.89. The Bertz CT molecular complexity index is 845. The van der Waals surface area contributed by atoms with Crippen molar-refractivity contribution in [3.8, 4) is 0 Å². The van der Waals surface area contributed by atoms with Crippen molar-refractivity contribution in [2.24, 2.45) is 7.05 Å². The number of rotatable bonds is 6. The molecule has 0 radical (unpaired) electrons. The first kappa shape index (κ1) is 18.3. The first-order chi connectivity index (χ1) is 12.5. The Balaban J connectivity index is 1.62. The van der Waals surface area contributed by atoms with Crippen molar-refractivity contribution in [1.82, 2.24) is 24.2 Å². The van der Waals surface area contributed by atoms with Gasteiger partial charge in [-0.25, -0.2) is 9.67 Å². The molecule has 1 aliphatic rings. The largest absolute Gasteiger partial charge is 0.364 e. The van der Waals surface area contributed by atoms with Gasteiger partial charge in [0, 0.05) is 44.6 Å². The normalized spacial score (nSPS) is 18.0. The number of aromatic nitrogens is 4. The van der Waals surface area contributed by atoms with Crippen LogP contribution in [0.4, 0.5) is 5.82 Å². The van der Waals surface area contributed by atoms with Gasteiger partial charge >= 0.3 is 0 Å². The number of piperidine rings is 1. The minimum atomic E-state index is -0.120. The van der Waals surface area contributed by atoms with Gasteiger partial charge < -0.3 is 9.88 Å². The van der Waals surface area contributed by atoms with E-state index in [1.54, 1.807) is 31.6 Å². The second-order valence-corrected chi connectivity index (χ2v) is 6.79. The van der Waals surface area contributed by atoms with Crippen LogP contribution in [-0.4, -0.2) is 49.9 Å². The Morgan fingerprint density at radius 2 is 2.08 bits per heavy atom. The molecule has 1 fully saturated rings. The summed E-state index contributed by atoms with van der Waals surface area (Å²) in [5.41, 5.74) is 0.650. The fourth-order valence-electron chi connectivity index (χ4n) is 3.35. The Kier molecular flexibility index (Phi) is 5.82. The van der Waals surface area contributed by atoms with E-state index in [-0.39, 0.29) is 11.1 Å². The van der Waals surface area contributed by atoms with Crippen molar-refractivity contribution in [3.63, 3.8) is 0 Å². The molecule has 1 N–H and O–H groups in total. The molecule has 1 atom stereocenters. The molecule has 1 saturated heterocycles. The molecule has 140 valence electrons. The number of likely N-dealkylation sites (tertiary alicyclic amines) is 1. The average Bonchev–Trinajstić information content (AvgIpc) is 2.64. The maximum absolute atomic E-state index is 12.1. The summed E-state index contributed by atoms with van der Waals surface area (Å²) in [7, 11) is 1.72. The highest BCUT2D eigenvalue weighted by Gasteiger charge is 2.22. The Labute approximate surface area is 152 Å². The maximum Gasteiger partial charge on any atom is 0.293 e. The van der Waals surface area contributed by atoms with Crippen LogP contribution in [0, 0.1) is 6.92 Å². The summed E-state index contributed by atoms with van der Waals surface area (Å²) >= 11 is 0. The third-order valence-electron chi connectivity index (χ3n) is 4.87. The lowest BCUT2D eigenvalue weighted by molar-refractivity contribution is 0.148. The predicted octanol–water partition coefficient (Wildman–Crippen LogP) is 0.612. The zero-order valence-electron chi connectivity index (χ0n) is 15.4. The summed E-state index contributed by atoms with van der Waals surface area (Å²) in [5.74, 6) is 0.386. The van der Waals surface area contributed by atoms with E-state index in [1.807, 2.05) is 6.92 Å². The first-order valence-electron chi connectivity index (χ1n) is 9.09. The summed E-state index contributed by atoms with van der Waals surface area (Å²) in [6, 6.07) is 3.62. The van der Waals surface area contributed by atoms with Crippen molar-refractivity contribution < 1.29 is 0 Å². The molecule has 26 heavy (non-hydrogen) atoms. The Morgan fingerprint density at radius 1 is 1.23 bits per heavy atom. The molecule has 0 bridgehead atoms. The minimum absolute atomic E-state index is 0.0701. The van der Waals surface area contributed by atoms with Gasteiger partial charge in [-0.15, -0.1) is 0 Å². The molecule has 2 aromatic heterocycles. The number of nitrogens with one attached hydrogen (secondary N) is 1. The highest BCUT2D eigenvalue weighted by atomic mass is 16.1.